The topological polar surface area (TPSA) is 59.6 Å². The molecule has 7 heteroatoms. The van der Waals surface area contributed by atoms with E-state index in [1.54, 1.807) is 18.2 Å². The maximum Gasteiger partial charge on any atom is 0.243 e. The van der Waals surface area contributed by atoms with Crippen LogP contribution < -0.4 is 20.1 Å². The molecule has 0 atom stereocenters. The number of rotatable bonds is 4. The third-order valence-electron chi connectivity index (χ3n) is 3.20. The fourth-order valence-electron chi connectivity index (χ4n) is 2.11. The van der Waals surface area contributed by atoms with Crippen molar-refractivity contribution in [3.63, 3.8) is 0 Å². The van der Waals surface area contributed by atoms with Gasteiger partial charge in [-0.25, -0.2) is 8.78 Å². The van der Waals surface area contributed by atoms with E-state index < -0.39 is 11.6 Å². The first-order chi connectivity index (χ1) is 11.1. The van der Waals surface area contributed by atoms with E-state index in [1.807, 2.05) is 0 Å². The molecule has 0 radical (unpaired) electrons. The average molecular weight is 320 g/mol. The van der Waals surface area contributed by atoms with E-state index in [-0.39, 0.29) is 18.1 Å². The van der Waals surface area contributed by atoms with Crippen molar-refractivity contribution in [2.45, 2.75) is 0 Å². The number of hydrogen-bond acceptors (Lipinski definition) is 4. The molecule has 1 aliphatic heterocycles. The van der Waals surface area contributed by atoms with Crippen molar-refractivity contribution in [3.05, 3.63) is 48.0 Å². The standard InChI is InChI=1S/C16H14F2N2O3/c17-12-3-1-11(7-13(12)18)20-16(21)9-19-10-2-4-14-15(8-10)23-6-5-22-14/h1-4,7-8,19H,5-6,9H2,(H,20,21). The number of carbonyl (C=O) groups excluding carboxylic acids is 1. The van der Waals surface area contributed by atoms with E-state index >= 15 is 0 Å². The number of carbonyl (C=O) groups is 1. The van der Waals surface area contributed by atoms with Gasteiger partial charge in [-0.05, 0) is 24.3 Å². The molecule has 1 aliphatic rings. The quantitative estimate of drug-likeness (QED) is 0.909. The van der Waals surface area contributed by atoms with Crippen LogP contribution in [0.4, 0.5) is 20.2 Å². The number of ether oxygens (including phenoxy) is 2. The Morgan fingerprint density at radius 1 is 0.957 bits per heavy atom. The Morgan fingerprint density at radius 2 is 1.70 bits per heavy atom. The van der Waals surface area contributed by atoms with E-state index in [1.165, 1.54) is 6.07 Å². The number of halogens is 2. The van der Waals surface area contributed by atoms with Crippen molar-refractivity contribution in [1.82, 2.24) is 0 Å². The molecule has 120 valence electrons. The van der Waals surface area contributed by atoms with Gasteiger partial charge in [-0.15, -0.1) is 0 Å². The molecule has 3 rings (SSSR count). The van der Waals surface area contributed by atoms with Crippen molar-refractivity contribution >= 4 is 17.3 Å². The van der Waals surface area contributed by atoms with E-state index in [0.717, 1.165) is 12.1 Å². The van der Waals surface area contributed by atoms with Crippen LogP contribution in [-0.4, -0.2) is 25.7 Å². The summed E-state index contributed by atoms with van der Waals surface area (Å²) in [6.07, 6.45) is 0. The Hall–Kier alpha value is -2.83. The van der Waals surface area contributed by atoms with Crippen LogP contribution in [0.5, 0.6) is 11.5 Å². The molecular weight excluding hydrogens is 306 g/mol. The molecule has 0 fully saturated rings. The minimum Gasteiger partial charge on any atom is -0.486 e. The highest BCUT2D eigenvalue weighted by Crippen LogP contribution is 2.32. The van der Waals surface area contributed by atoms with Crippen LogP contribution in [0.1, 0.15) is 0 Å². The van der Waals surface area contributed by atoms with Crippen LogP contribution >= 0.6 is 0 Å². The number of benzene rings is 2. The summed E-state index contributed by atoms with van der Waals surface area (Å²) < 4.78 is 36.7. The number of nitrogens with one attached hydrogen (secondary N) is 2. The Balaban J connectivity index is 1.57. The molecule has 0 unspecified atom stereocenters. The van der Waals surface area contributed by atoms with Gasteiger partial charge in [-0.3, -0.25) is 4.79 Å². The van der Waals surface area contributed by atoms with Crippen molar-refractivity contribution in [2.75, 3.05) is 30.4 Å². The highest BCUT2D eigenvalue weighted by atomic mass is 19.2. The van der Waals surface area contributed by atoms with E-state index in [0.29, 0.717) is 30.4 Å². The van der Waals surface area contributed by atoms with Crippen molar-refractivity contribution < 1.29 is 23.0 Å². The Kier molecular flexibility index (Phi) is 4.27. The Labute approximate surface area is 131 Å². The lowest BCUT2D eigenvalue weighted by molar-refractivity contribution is -0.114. The molecule has 0 saturated carbocycles. The molecule has 5 nitrogen and oxygen atoms in total. The molecule has 1 heterocycles. The van der Waals surface area contributed by atoms with Gasteiger partial charge in [0.2, 0.25) is 5.91 Å². The highest BCUT2D eigenvalue weighted by molar-refractivity contribution is 5.93. The number of anilines is 2. The largest absolute Gasteiger partial charge is 0.486 e. The second-order valence-corrected chi connectivity index (χ2v) is 4.89. The summed E-state index contributed by atoms with van der Waals surface area (Å²) in [6, 6.07) is 8.43. The molecule has 0 aromatic heterocycles. The normalized spacial score (nSPS) is 12.6. The lowest BCUT2D eigenvalue weighted by Gasteiger charge is -2.19. The number of amides is 1. The fourth-order valence-corrected chi connectivity index (χ4v) is 2.11. The summed E-state index contributed by atoms with van der Waals surface area (Å²) >= 11 is 0. The van der Waals surface area contributed by atoms with Crippen LogP contribution in [0.25, 0.3) is 0 Å². The monoisotopic (exact) mass is 320 g/mol. The Morgan fingerprint density at radius 3 is 2.48 bits per heavy atom. The van der Waals surface area contributed by atoms with Crippen LogP contribution in [0.3, 0.4) is 0 Å². The van der Waals surface area contributed by atoms with E-state index in [4.69, 9.17) is 9.47 Å². The van der Waals surface area contributed by atoms with Gasteiger partial charge in [-0.2, -0.15) is 0 Å². The zero-order valence-corrected chi connectivity index (χ0v) is 12.1. The average Bonchev–Trinajstić information content (AvgIpc) is 2.56. The molecule has 0 saturated heterocycles. The first kappa shape index (κ1) is 15.1. The summed E-state index contributed by atoms with van der Waals surface area (Å²) in [5.41, 5.74) is 0.882. The molecule has 1 amide bonds. The third-order valence-corrected chi connectivity index (χ3v) is 3.20. The second-order valence-electron chi connectivity index (χ2n) is 4.89. The molecule has 2 N–H and O–H groups in total. The van der Waals surface area contributed by atoms with E-state index in [2.05, 4.69) is 10.6 Å². The maximum absolute atomic E-state index is 13.1. The van der Waals surface area contributed by atoms with Gasteiger partial charge in [0.05, 0.1) is 6.54 Å². The minimum atomic E-state index is -1.01. The zero-order valence-electron chi connectivity index (χ0n) is 12.1. The van der Waals surface area contributed by atoms with Crippen molar-refractivity contribution in [2.24, 2.45) is 0 Å². The Bertz CT molecular complexity index is 737. The van der Waals surface area contributed by atoms with Crippen LogP contribution in [0.2, 0.25) is 0 Å². The van der Waals surface area contributed by atoms with Crippen molar-refractivity contribution in [3.8, 4) is 11.5 Å². The summed E-state index contributed by atoms with van der Waals surface area (Å²) in [6.45, 7) is 0.960. The van der Waals surface area contributed by atoms with Crippen LogP contribution in [-0.2, 0) is 4.79 Å². The molecule has 0 aliphatic carbocycles. The van der Waals surface area contributed by atoms with Crippen LogP contribution in [0.15, 0.2) is 36.4 Å². The molecule has 2 aromatic rings. The predicted octanol–water partition coefficient (Wildman–Crippen LogP) is 2.79. The maximum atomic E-state index is 13.1. The van der Waals surface area contributed by atoms with Crippen molar-refractivity contribution in [1.29, 1.82) is 0 Å². The first-order valence-electron chi connectivity index (χ1n) is 7.00. The lowest BCUT2D eigenvalue weighted by Crippen LogP contribution is -2.22. The predicted molar refractivity (Wildman–Crippen MR) is 80.9 cm³/mol. The van der Waals surface area contributed by atoms with Gasteiger partial charge in [0, 0.05) is 23.5 Å². The number of fused-ring (bicyclic) bond motifs is 1. The van der Waals surface area contributed by atoms with Gasteiger partial charge < -0.3 is 20.1 Å². The molecule has 2 aromatic carbocycles. The zero-order chi connectivity index (χ0) is 16.2. The highest BCUT2D eigenvalue weighted by Gasteiger charge is 2.12. The van der Waals surface area contributed by atoms with Crippen LogP contribution in [0, 0.1) is 11.6 Å². The van der Waals surface area contributed by atoms with Gasteiger partial charge in [0.15, 0.2) is 23.1 Å². The lowest BCUT2D eigenvalue weighted by atomic mass is 10.2. The summed E-state index contributed by atoms with van der Waals surface area (Å²) in [5.74, 6) is -1.08. The summed E-state index contributed by atoms with van der Waals surface area (Å²) in [4.78, 5) is 11.8. The van der Waals surface area contributed by atoms with Gasteiger partial charge >= 0.3 is 0 Å². The minimum absolute atomic E-state index is 0.0291. The summed E-state index contributed by atoms with van der Waals surface area (Å²) in [7, 11) is 0. The first-order valence-corrected chi connectivity index (χ1v) is 7.00. The number of hydrogen-bond donors (Lipinski definition) is 2. The van der Waals surface area contributed by atoms with Gasteiger partial charge in [-0.1, -0.05) is 0 Å². The summed E-state index contributed by atoms with van der Waals surface area (Å²) in [5, 5.41) is 5.40. The molecule has 23 heavy (non-hydrogen) atoms. The molecule has 0 bridgehead atoms. The SMILES string of the molecule is O=C(CNc1ccc2c(c1)OCCO2)Nc1ccc(F)c(F)c1. The van der Waals surface area contributed by atoms with Gasteiger partial charge in [0.1, 0.15) is 13.2 Å². The van der Waals surface area contributed by atoms with Gasteiger partial charge in [0.25, 0.3) is 0 Å². The smallest absolute Gasteiger partial charge is 0.243 e. The second kappa shape index (κ2) is 6.51. The van der Waals surface area contributed by atoms with E-state index in [9.17, 15) is 13.6 Å². The third kappa shape index (κ3) is 3.68. The fraction of sp³-hybridized carbons (Fsp3) is 0.188. The molecule has 0 spiro atoms. The molecular formula is C16H14F2N2O3.